The van der Waals surface area contributed by atoms with Crippen LogP contribution in [-0.4, -0.2) is 12.4 Å². The highest BCUT2D eigenvalue weighted by molar-refractivity contribution is 5.82. The first-order chi connectivity index (χ1) is 14.8. The van der Waals surface area contributed by atoms with E-state index < -0.39 is 0 Å². The highest BCUT2D eigenvalue weighted by atomic mass is 15.2. The standard InChI is InChI=1S/C26H40N4/c1-3-5-7-9-11-17-29-19-13-25(14-20-29)23-27-28-24-26-15-21-30(22-16-26)18-12-10-8-6-4-2/h13-16,19-24H,3-12,17-18H2,1-2H3/q+2. The van der Waals surface area contributed by atoms with Crippen LogP contribution in [0.2, 0.25) is 0 Å². The molecule has 0 radical (unpaired) electrons. The van der Waals surface area contributed by atoms with E-state index in [4.69, 9.17) is 0 Å². The molecule has 0 aromatic carbocycles. The third kappa shape index (κ3) is 10.4. The maximum Gasteiger partial charge on any atom is 0.169 e. The van der Waals surface area contributed by atoms with Gasteiger partial charge in [0.15, 0.2) is 24.8 Å². The number of aromatic nitrogens is 2. The fourth-order valence-electron chi connectivity index (χ4n) is 3.40. The molecule has 0 amide bonds. The molecule has 0 fully saturated rings. The van der Waals surface area contributed by atoms with Crippen molar-refractivity contribution in [2.45, 2.75) is 91.1 Å². The zero-order chi connectivity index (χ0) is 21.3. The van der Waals surface area contributed by atoms with Gasteiger partial charge >= 0.3 is 0 Å². The molecule has 2 aromatic heterocycles. The van der Waals surface area contributed by atoms with Crippen LogP contribution in [0, 0.1) is 0 Å². The van der Waals surface area contributed by atoms with E-state index in [9.17, 15) is 0 Å². The molecule has 0 atom stereocenters. The molecule has 0 unspecified atom stereocenters. The fraction of sp³-hybridized carbons (Fsp3) is 0.538. The minimum absolute atomic E-state index is 1.07. The van der Waals surface area contributed by atoms with Gasteiger partial charge in [0.25, 0.3) is 0 Å². The van der Waals surface area contributed by atoms with Crippen LogP contribution < -0.4 is 9.13 Å². The first kappa shape index (κ1) is 23.9. The third-order valence-electron chi connectivity index (χ3n) is 5.35. The Morgan fingerprint density at radius 3 is 1.30 bits per heavy atom. The summed E-state index contributed by atoms with van der Waals surface area (Å²) in [6, 6.07) is 8.38. The van der Waals surface area contributed by atoms with Crippen molar-refractivity contribution in [1.82, 2.24) is 0 Å². The summed E-state index contributed by atoms with van der Waals surface area (Å²) < 4.78 is 4.49. The smallest absolute Gasteiger partial charge is 0.169 e. The molecular formula is C26H40N4+2. The number of nitrogens with zero attached hydrogens (tertiary/aromatic N) is 4. The van der Waals surface area contributed by atoms with E-state index in [1.54, 1.807) is 0 Å². The Balaban J connectivity index is 1.70. The molecule has 0 saturated heterocycles. The first-order valence-corrected chi connectivity index (χ1v) is 11.9. The summed E-state index contributed by atoms with van der Waals surface area (Å²) in [5, 5.41) is 8.38. The molecule has 4 heteroatoms. The van der Waals surface area contributed by atoms with Crippen LogP contribution in [0.1, 0.15) is 89.2 Å². The summed E-state index contributed by atoms with van der Waals surface area (Å²) in [4.78, 5) is 0. The van der Waals surface area contributed by atoms with Gasteiger partial charge in [-0.1, -0.05) is 52.4 Å². The van der Waals surface area contributed by atoms with Gasteiger partial charge in [0, 0.05) is 48.2 Å². The predicted molar refractivity (Wildman–Crippen MR) is 126 cm³/mol. The van der Waals surface area contributed by atoms with Gasteiger partial charge in [0.1, 0.15) is 13.1 Å². The van der Waals surface area contributed by atoms with Gasteiger partial charge < -0.3 is 0 Å². The van der Waals surface area contributed by atoms with Gasteiger partial charge in [-0.05, 0) is 12.8 Å². The van der Waals surface area contributed by atoms with Crippen molar-refractivity contribution in [3.8, 4) is 0 Å². The zero-order valence-corrected chi connectivity index (χ0v) is 19.0. The Hall–Kier alpha value is -2.36. The largest absolute Gasteiger partial charge is 0.205 e. The molecule has 0 aliphatic carbocycles. The topological polar surface area (TPSA) is 32.5 Å². The molecule has 2 heterocycles. The lowest BCUT2D eigenvalue weighted by atomic mass is 10.1. The normalized spacial score (nSPS) is 11.7. The van der Waals surface area contributed by atoms with E-state index in [1.165, 1.54) is 64.2 Å². The van der Waals surface area contributed by atoms with Gasteiger partial charge in [-0.2, -0.15) is 10.2 Å². The average molecular weight is 409 g/mol. The second kappa shape index (κ2) is 15.5. The molecule has 4 nitrogen and oxygen atoms in total. The number of hydrogen-bond donors (Lipinski definition) is 0. The molecule has 0 bridgehead atoms. The summed E-state index contributed by atoms with van der Waals surface area (Å²) in [6.45, 7) is 6.69. The van der Waals surface area contributed by atoms with Gasteiger partial charge in [0.05, 0.1) is 12.4 Å². The summed E-state index contributed by atoms with van der Waals surface area (Å²) in [5.41, 5.74) is 2.15. The minimum Gasteiger partial charge on any atom is -0.205 e. The maximum atomic E-state index is 4.19. The molecular weight excluding hydrogens is 368 g/mol. The van der Waals surface area contributed by atoms with Gasteiger partial charge in [-0.3, -0.25) is 0 Å². The van der Waals surface area contributed by atoms with E-state index in [0.717, 1.165) is 24.2 Å². The van der Waals surface area contributed by atoms with Crippen LogP contribution in [0.5, 0.6) is 0 Å². The van der Waals surface area contributed by atoms with Crippen LogP contribution in [0.3, 0.4) is 0 Å². The third-order valence-corrected chi connectivity index (χ3v) is 5.35. The highest BCUT2D eigenvalue weighted by Gasteiger charge is 2.01. The Labute approximate surface area is 183 Å². The molecule has 0 aliphatic rings. The second-order valence-electron chi connectivity index (χ2n) is 8.06. The molecule has 162 valence electrons. The number of hydrogen-bond acceptors (Lipinski definition) is 2. The van der Waals surface area contributed by atoms with Crippen molar-refractivity contribution >= 4 is 12.4 Å². The Morgan fingerprint density at radius 2 is 0.933 bits per heavy atom. The molecule has 0 saturated carbocycles. The number of unbranched alkanes of at least 4 members (excludes halogenated alkanes) is 8. The van der Waals surface area contributed by atoms with E-state index in [-0.39, 0.29) is 0 Å². The van der Waals surface area contributed by atoms with Crippen LogP contribution in [0.15, 0.2) is 59.3 Å². The van der Waals surface area contributed by atoms with E-state index in [2.05, 4.69) is 82.2 Å². The number of rotatable bonds is 15. The number of aryl methyl sites for hydroxylation is 2. The lowest BCUT2D eigenvalue weighted by Crippen LogP contribution is -2.32. The van der Waals surface area contributed by atoms with Crippen LogP contribution in [0.25, 0.3) is 0 Å². The maximum absolute atomic E-state index is 4.19. The van der Waals surface area contributed by atoms with Crippen molar-refractivity contribution in [3.63, 3.8) is 0 Å². The molecule has 0 spiro atoms. The lowest BCUT2D eigenvalue weighted by molar-refractivity contribution is -0.697. The average Bonchev–Trinajstić information content (AvgIpc) is 2.78. The highest BCUT2D eigenvalue weighted by Crippen LogP contribution is 2.03. The summed E-state index contributed by atoms with van der Waals surface area (Å²) >= 11 is 0. The molecule has 0 N–H and O–H groups in total. The Bertz CT molecular complexity index is 667. The predicted octanol–water partition coefficient (Wildman–Crippen LogP) is 5.66. The van der Waals surface area contributed by atoms with Crippen LogP contribution in [0.4, 0.5) is 0 Å². The van der Waals surface area contributed by atoms with Crippen molar-refractivity contribution in [2.24, 2.45) is 10.2 Å². The molecule has 2 rings (SSSR count). The first-order valence-electron chi connectivity index (χ1n) is 11.9. The van der Waals surface area contributed by atoms with E-state index >= 15 is 0 Å². The van der Waals surface area contributed by atoms with Crippen molar-refractivity contribution in [1.29, 1.82) is 0 Å². The Morgan fingerprint density at radius 1 is 0.567 bits per heavy atom. The van der Waals surface area contributed by atoms with Gasteiger partial charge in [-0.15, -0.1) is 0 Å². The number of pyridine rings is 2. The van der Waals surface area contributed by atoms with Crippen LogP contribution >= 0.6 is 0 Å². The van der Waals surface area contributed by atoms with Crippen molar-refractivity contribution in [2.75, 3.05) is 0 Å². The molecule has 2 aromatic rings. The van der Waals surface area contributed by atoms with E-state index in [1.807, 2.05) is 12.4 Å². The van der Waals surface area contributed by atoms with Crippen molar-refractivity contribution < 1.29 is 9.13 Å². The summed E-state index contributed by atoms with van der Waals surface area (Å²) in [6.07, 6.45) is 25.2. The molecule has 30 heavy (non-hydrogen) atoms. The molecule has 0 aliphatic heterocycles. The van der Waals surface area contributed by atoms with Crippen LogP contribution in [-0.2, 0) is 13.1 Å². The van der Waals surface area contributed by atoms with Crippen molar-refractivity contribution in [3.05, 3.63) is 60.2 Å². The summed E-state index contributed by atoms with van der Waals surface area (Å²) in [7, 11) is 0. The monoisotopic (exact) mass is 408 g/mol. The van der Waals surface area contributed by atoms with Gasteiger partial charge in [0.2, 0.25) is 0 Å². The fourth-order valence-corrected chi connectivity index (χ4v) is 3.40. The SMILES string of the molecule is CCCCCCC[n+]1ccc(/C=N/N=C/c2cc[n+](CCCCCCC)cc2)cc1. The second-order valence-corrected chi connectivity index (χ2v) is 8.06. The quantitative estimate of drug-likeness (QED) is 0.158. The minimum atomic E-state index is 1.07. The van der Waals surface area contributed by atoms with Gasteiger partial charge in [-0.25, -0.2) is 9.13 Å². The van der Waals surface area contributed by atoms with E-state index in [0.29, 0.717) is 0 Å². The zero-order valence-electron chi connectivity index (χ0n) is 19.0. The summed E-state index contributed by atoms with van der Waals surface area (Å²) in [5.74, 6) is 0. The lowest BCUT2D eigenvalue weighted by Gasteiger charge is -1.98. The Kier molecular flexibility index (Phi) is 12.3.